The van der Waals surface area contributed by atoms with E-state index in [-0.39, 0.29) is 17.4 Å². The molecule has 1 N–H and O–H groups in total. The van der Waals surface area contributed by atoms with E-state index in [1.807, 2.05) is 12.1 Å². The van der Waals surface area contributed by atoms with Crippen LogP contribution in [0.2, 0.25) is 5.02 Å². The molecule has 0 bridgehead atoms. The van der Waals surface area contributed by atoms with Gasteiger partial charge in [-0.1, -0.05) is 43.0 Å². The number of carbonyl (C=O) groups is 2. The van der Waals surface area contributed by atoms with Gasteiger partial charge in [0.1, 0.15) is 0 Å². The lowest BCUT2D eigenvalue weighted by Gasteiger charge is -2.40. The minimum atomic E-state index is -0.427. The summed E-state index contributed by atoms with van der Waals surface area (Å²) in [5.41, 5.74) is 0.597. The summed E-state index contributed by atoms with van der Waals surface area (Å²) in [4.78, 5) is 26.9. The molecular weight excluding hydrogens is 368 g/mol. The molecule has 0 radical (unpaired) electrons. The van der Waals surface area contributed by atoms with Crippen molar-refractivity contribution in [2.24, 2.45) is 5.41 Å². The minimum Gasteiger partial charge on any atom is -0.290 e. The van der Waals surface area contributed by atoms with Crippen LogP contribution in [0.3, 0.4) is 0 Å². The molecular formula is C20H25ClN2O2S. The van der Waals surface area contributed by atoms with Crippen molar-refractivity contribution in [1.82, 2.24) is 10.2 Å². The second-order valence-corrected chi connectivity index (χ2v) is 9.41. The molecule has 0 aromatic heterocycles. The Kier molecular flexibility index (Phi) is 5.06. The van der Waals surface area contributed by atoms with Crippen molar-refractivity contribution in [2.75, 3.05) is 18.2 Å². The molecule has 2 aliphatic heterocycles. The van der Waals surface area contributed by atoms with Crippen LogP contribution >= 0.6 is 23.4 Å². The van der Waals surface area contributed by atoms with Gasteiger partial charge >= 0.3 is 0 Å². The van der Waals surface area contributed by atoms with Crippen LogP contribution in [0, 0.1) is 5.41 Å². The molecule has 1 unspecified atom stereocenters. The van der Waals surface area contributed by atoms with Crippen molar-refractivity contribution in [3.8, 4) is 0 Å². The fraction of sp³-hybridized carbons (Fsp3) is 0.600. The predicted octanol–water partition coefficient (Wildman–Crippen LogP) is 3.93. The average Bonchev–Trinajstić information content (AvgIpc) is 3.21. The zero-order chi connectivity index (χ0) is 18.2. The highest BCUT2D eigenvalue weighted by molar-refractivity contribution is 7.99. The third-order valence-electron chi connectivity index (χ3n) is 6.27. The largest absolute Gasteiger partial charge is 0.290 e. The van der Waals surface area contributed by atoms with Crippen LogP contribution in [-0.4, -0.2) is 34.9 Å². The van der Waals surface area contributed by atoms with Crippen LogP contribution in [0.1, 0.15) is 50.5 Å². The molecule has 1 aromatic carbocycles. The van der Waals surface area contributed by atoms with Crippen molar-refractivity contribution in [2.45, 2.75) is 50.5 Å². The number of rotatable bonds is 4. The number of imide groups is 1. The lowest BCUT2D eigenvalue weighted by atomic mass is 9.76. The normalized spacial score (nSPS) is 28.3. The van der Waals surface area contributed by atoms with Crippen molar-refractivity contribution < 1.29 is 9.59 Å². The molecule has 1 aliphatic carbocycles. The van der Waals surface area contributed by atoms with Crippen molar-refractivity contribution in [3.63, 3.8) is 0 Å². The third-order valence-corrected chi connectivity index (χ3v) is 7.77. The standard InChI is InChI=1S/C20H25ClN2O2S/c21-16-6-4-15(5-7-16)20(8-2-1-3-9-20)22-14-23-17(24)12-19(18(23)25)10-11-26-13-19/h4-7,22H,1-3,8-14H2. The van der Waals surface area contributed by atoms with Gasteiger partial charge in [-0.15, -0.1) is 0 Å². The van der Waals surface area contributed by atoms with Crippen molar-refractivity contribution in [1.29, 1.82) is 0 Å². The fourth-order valence-electron chi connectivity index (χ4n) is 4.66. The minimum absolute atomic E-state index is 0.0212. The van der Waals surface area contributed by atoms with Gasteiger partial charge in [0, 0.05) is 22.7 Å². The first-order valence-electron chi connectivity index (χ1n) is 9.48. The number of hydrogen-bond donors (Lipinski definition) is 1. The van der Waals surface area contributed by atoms with Crippen LogP contribution in [0.25, 0.3) is 0 Å². The summed E-state index contributed by atoms with van der Waals surface area (Å²) in [6.07, 6.45) is 6.79. The van der Waals surface area contributed by atoms with E-state index in [9.17, 15) is 9.59 Å². The van der Waals surface area contributed by atoms with Crippen LogP contribution < -0.4 is 5.32 Å². The Hall–Kier alpha value is -1.04. The van der Waals surface area contributed by atoms with Crippen LogP contribution in [0.5, 0.6) is 0 Å². The van der Waals surface area contributed by atoms with Gasteiger partial charge in [-0.25, -0.2) is 0 Å². The molecule has 1 saturated carbocycles. The Balaban J connectivity index is 1.53. The number of halogens is 1. The maximum Gasteiger partial charge on any atom is 0.237 e. The molecule has 1 aromatic rings. The van der Waals surface area contributed by atoms with Gasteiger partial charge < -0.3 is 0 Å². The van der Waals surface area contributed by atoms with Crippen molar-refractivity contribution >= 4 is 35.2 Å². The Labute approximate surface area is 164 Å². The van der Waals surface area contributed by atoms with Gasteiger partial charge in [0.25, 0.3) is 0 Å². The predicted molar refractivity (Wildman–Crippen MR) is 105 cm³/mol. The van der Waals surface area contributed by atoms with Crippen LogP contribution in [-0.2, 0) is 15.1 Å². The topological polar surface area (TPSA) is 49.4 Å². The SMILES string of the molecule is O=C1CC2(CCSC2)C(=O)N1CNC1(c2ccc(Cl)cc2)CCCCC1. The van der Waals surface area contributed by atoms with Gasteiger partial charge in [-0.2, -0.15) is 11.8 Å². The monoisotopic (exact) mass is 392 g/mol. The number of carbonyl (C=O) groups excluding carboxylic acids is 2. The summed E-state index contributed by atoms with van der Waals surface area (Å²) in [7, 11) is 0. The molecule has 3 fully saturated rings. The zero-order valence-corrected chi connectivity index (χ0v) is 16.5. The summed E-state index contributed by atoms with van der Waals surface area (Å²) >= 11 is 7.85. The molecule has 1 atom stereocenters. The first kappa shape index (κ1) is 18.3. The van der Waals surface area contributed by atoms with Crippen LogP contribution in [0.15, 0.2) is 24.3 Å². The van der Waals surface area contributed by atoms with Crippen LogP contribution in [0.4, 0.5) is 0 Å². The highest BCUT2D eigenvalue weighted by Crippen LogP contribution is 2.45. The molecule has 2 heterocycles. The number of hydrogen-bond acceptors (Lipinski definition) is 4. The molecule has 1 spiro atoms. The summed E-state index contributed by atoms with van der Waals surface area (Å²) in [6, 6.07) is 7.99. The highest BCUT2D eigenvalue weighted by atomic mass is 35.5. The van der Waals surface area contributed by atoms with Gasteiger partial charge in [-0.3, -0.25) is 19.8 Å². The summed E-state index contributed by atoms with van der Waals surface area (Å²) in [6.45, 7) is 0.312. The van der Waals surface area contributed by atoms with E-state index in [4.69, 9.17) is 11.6 Å². The first-order chi connectivity index (χ1) is 12.5. The van der Waals surface area contributed by atoms with E-state index in [0.717, 1.165) is 48.6 Å². The Morgan fingerprint density at radius 3 is 2.46 bits per heavy atom. The number of benzene rings is 1. The number of nitrogens with one attached hydrogen (secondary N) is 1. The molecule has 4 nitrogen and oxygen atoms in total. The van der Waals surface area contributed by atoms with E-state index in [2.05, 4.69) is 17.4 Å². The summed E-state index contributed by atoms with van der Waals surface area (Å²) in [5.74, 6) is 1.78. The van der Waals surface area contributed by atoms with Gasteiger partial charge in [0.05, 0.1) is 12.1 Å². The van der Waals surface area contributed by atoms with E-state index in [1.165, 1.54) is 16.9 Å². The van der Waals surface area contributed by atoms with E-state index in [0.29, 0.717) is 13.1 Å². The molecule has 140 valence electrons. The Bertz CT molecular complexity index is 694. The zero-order valence-electron chi connectivity index (χ0n) is 14.9. The number of likely N-dealkylation sites (tertiary alicyclic amines) is 1. The molecule has 6 heteroatoms. The molecule has 3 aliphatic rings. The molecule has 2 saturated heterocycles. The second-order valence-electron chi connectivity index (χ2n) is 7.87. The van der Waals surface area contributed by atoms with E-state index in [1.54, 1.807) is 11.8 Å². The Morgan fingerprint density at radius 2 is 1.81 bits per heavy atom. The second kappa shape index (κ2) is 7.17. The number of nitrogens with zero attached hydrogens (tertiary/aromatic N) is 1. The van der Waals surface area contributed by atoms with Gasteiger partial charge in [0.2, 0.25) is 11.8 Å². The third kappa shape index (κ3) is 3.19. The lowest BCUT2D eigenvalue weighted by Crippen LogP contribution is -2.51. The smallest absolute Gasteiger partial charge is 0.237 e. The summed E-state index contributed by atoms with van der Waals surface area (Å²) in [5, 5.41) is 4.34. The molecule has 4 rings (SSSR count). The molecule has 2 amide bonds. The van der Waals surface area contributed by atoms with E-state index >= 15 is 0 Å². The lowest BCUT2D eigenvalue weighted by molar-refractivity contribution is -0.141. The van der Waals surface area contributed by atoms with E-state index < -0.39 is 5.41 Å². The maximum atomic E-state index is 12.9. The maximum absolute atomic E-state index is 12.9. The fourth-order valence-corrected chi connectivity index (χ4v) is 6.22. The quantitative estimate of drug-likeness (QED) is 0.789. The number of amides is 2. The average molecular weight is 393 g/mol. The number of thioether (sulfide) groups is 1. The Morgan fingerprint density at radius 1 is 1.08 bits per heavy atom. The van der Waals surface area contributed by atoms with Gasteiger partial charge in [-0.05, 0) is 42.7 Å². The van der Waals surface area contributed by atoms with Gasteiger partial charge in [0.15, 0.2) is 0 Å². The summed E-state index contributed by atoms with van der Waals surface area (Å²) < 4.78 is 0. The van der Waals surface area contributed by atoms with Crippen molar-refractivity contribution in [3.05, 3.63) is 34.9 Å². The highest BCUT2D eigenvalue weighted by Gasteiger charge is 2.53. The molecule has 26 heavy (non-hydrogen) atoms. The first-order valence-corrected chi connectivity index (χ1v) is 11.0.